The number of rotatable bonds is 2. The van der Waals surface area contributed by atoms with E-state index >= 15 is 0 Å². The van der Waals surface area contributed by atoms with E-state index in [1.807, 2.05) is 20.8 Å². The van der Waals surface area contributed by atoms with Crippen LogP contribution in [-0.2, 0) is 4.79 Å². The number of aromatic nitrogens is 1. The van der Waals surface area contributed by atoms with Crippen LogP contribution in [-0.4, -0.2) is 16.0 Å². The lowest BCUT2D eigenvalue weighted by Gasteiger charge is -2.15. The maximum absolute atomic E-state index is 11.6. The van der Waals surface area contributed by atoms with Crippen LogP contribution in [0.15, 0.2) is 6.20 Å². The molecule has 2 N–H and O–H groups in total. The van der Waals surface area contributed by atoms with Gasteiger partial charge in [-0.05, 0) is 6.92 Å². The van der Waals surface area contributed by atoms with Gasteiger partial charge in [-0.3, -0.25) is 4.79 Å². The monoisotopic (exact) mass is 228 g/mol. The van der Waals surface area contributed by atoms with E-state index in [2.05, 4.69) is 10.3 Å². The standard InChI is InChI=1S/C10H16N2O2S/c1-6(13)7-5-11-9(15-7)12-8(14)10(2,3)4/h5-6,13H,1-4H3,(H,11,12,14). The smallest absolute Gasteiger partial charge is 0.231 e. The van der Waals surface area contributed by atoms with Gasteiger partial charge < -0.3 is 10.4 Å². The number of carbonyl (C=O) groups is 1. The highest BCUT2D eigenvalue weighted by Crippen LogP contribution is 2.25. The van der Waals surface area contributed by atoms with E-state index in [0.29, 0.717) is 5.13 Å². The van der Waals surface area contributed by atoms with Crippen molar-refractivity contribution in [3.05, 3.63) is 11.1 Å². The van der Waals surface area contributed by atoms with Crippen LogP contribution in [0.5, 0.6) is 0 Å². The number of nitrogens with zero attached hydrogens (tertiary/aromatic N) is 1. The van der Waals surface area contributed by atoms with Crippen molar-refractivity contribution in [2.75, 3.05) is 5.32 Å². The van der Waals surface area contributed by atoms with Gasteiger partial charge in [0.05, 0.1) is 11.0 Å². The second-order valence-corrected chi connectivity index (χ2v) is 5.51. The third-order valence-electron chi connectivity index (χ3n) is 1.84. The SMILES string of the molecule is CC(O)c1cnc(NC(=O)C(C)(C)C)s1. The van der Waals surface area contributed by atoms with Crippen molar-refractivity contribution < 1.29 is 9.90 Å². The minimum atomic E-state index is -0.539. The molecule has 1 aromatic heterocycles. The van der Waals surface area contributed by atoms with Gasteiger partial charge in [-0.2, -0.15) is 0 Å². The van der Waals surface area contributed by atoms with E-state index in [1.54, 1.807) is 13.1 Å². The summed E-state index contributed by atoms with van der Waals surface area (Å²) in [7, 11) is 0. The first-order valence-corrected chi connectivity index (χ1v) is 5.57. The summed E-state index contributed by atoms with van der Waals surface area (Å²) in [6.45, 7) is 7.19. The Labute approximate surface area is 93.4 Å². The summed E-state index contributed by atoms with van der Waals surface area (Å²) in [5, 5.41) is 12.5. The van der Waals surface area contributed by atoms with Gasteiger partial charge in [0.1, 0.15) is 0 Å². The van der Waals surface area contributed by atoms with E-state index in [-0.39, 0.29) is 5.91 Å². The predicted molar refractivity (Wildman–Crippen MR) is 60.8 cm³/mol. The first kappa shape index (κ1) is 12.1. The van der Waals surface area contributed by atoms with E-state index in [1.165, 1.54) is 11.3 Å². The van der Waals surface area contributed by atoms with Gasteiger partial charge in [0.2, 0.25) is 5.91 Å². The van der Waals surface area contributed by atoms with Gasteiger partial charge in [-0.25, -0.2) is 4.98 Å². The average molecular weight is 228 g/mol. The van der Waals surface area contributed by atoms with Crippen LogP contribution in [0.4, 0.5) is 5.13 Å². The van der Waals surface area contributed by atoms with Crippen molar-refractivity contribution in [1.82, 2.24) is 4.98 Å². The van der Waals surface area contributed by atoms with Crippen molar-refractivity contribution in [2.45, 2.75) is 33.8 Å². The van der Waals surface area contributed by atoms with Crippen LogP contribution in [0.3, 0.4) is 0 Å². The van der Waals surface area contributed by atoms with Gasteiger partial charge >= 0.3 is 0 Å². The fourth-order valence-electron chi connectivity index (χ4n) is 0.822. The summed E-state index contributed by atoms with van der Waals surface area (Å²) >= 11 is 1.29. The van der Waals surface area contributed by atoms with Crippen LogP contribution >= 0.6 is 11.3 Å². The van der Waals surface area contributed by atoms with Crippen molar-refractivity contribution in [3.63, 3.8) is 0 Å². The number of hydrogen-bond donors (Lipinski definition) is 2. The van der Waals surface area contributed by atoms with Crippen LogP contribution in [0.2, 0.25) is 0 Å². The number of aliphatic hydroxyl groups is 1. The number of nitrogens with one attached hydrogen (secondary N) is 1. The Morgan fingerprint density at radius 3 is 2.60 bits per heavy atom. The maximum Gasteiger partial charge on any atom is 0.231 e. The molecule has 1 aromatic rings. The van der Waals surface area contributed by atoms with E-state index in [9.17, 15) is 9.90 Å². The summed E-state index contributed by atoms with van der Waals surface area (Å²) in [4.78, 5) is 16.4. The number of thiazole rings is 1. The Morgan fingerprint density at radius 1 is 1.60 bits per heavy atom. The third-order valence-corrected chi connectivity index (χ3v) is 2.92. The number of carbonyl (C=O) groups excluding carboxylic acids is 1. The van der Waals surface area contributed by atoms with Gasteiger partial charge in [-0.15, -0.1) is 0 Å². The lowest BCUT2D eigenvalue weighted by molar-refractivity contribution is -0.123. The highest BCUT2D eigenvalue weighted by atomic mass is 32.1. The Kier molecular flexibility index (Phi) is 3.46. The molecule has 0 radical (unpaired) electrons. The zero-order chi connectivity index (χ0) is 11.6. The fraction of sp³-hybridized carbons (Fsp3) is 0.600. The lowest BCUT2D eigenvalue weighted by atomic mass is 9.96. The summed E-state index contributed by atoms with van der Waals surface area (Å²) in [5.74, 6) is -0.0750. The summed E-state index contributed by atoms with van der Waals surface area (Å²) < 4.78 is 0. The molecular formula is C10H16N2O2S. The number of amides is 1. The fourth-order valence-corrected chi connectivity index (χ4v) is 1.57. The van der Waals surface area contributed by atoms with Gasteiger partial charge in [0, 0.05) is 11.6 Å². The van der Waals surface area contributed by atoms with Crippen LogP contribution < -0.4 is 5.32 Å². The van der Waals surface area contributed by atoms with Crippen LogP contribution in [0, 0.1) is 5.41 Å². The first-order valence-electron chi connectivity index (χ1n) is 4.76. The Morgan fingerprint density at radius 2 is 2.20 bits per heavy atom. The average Bonchev–Trinajstić information content (AvgIpc) is 2.50. The van der Waals surface area contributed by atoms with Crippen molar-refractivity contribution >= 4 is 22.4 Å². The predicted octanol–water partition coefficient (Wildman–Crippen LogP) is 2.18. The second kappa shape index (κ2) is 4.28. The molecule has 0 saturated carbocycles. The number of aliphatic hydroxyl groups excluding tert-OH is 1. The van der Waals surface area contributed by atoms with Crippen LogP contribution in [0.1, 0.15) is 38.7 Å². The largest absolute Gasteiger partial charge is 0.388 e. The summed E-state index contributed by atoms with van der Waals surface area (Å²) in [6.07, 6.45) is 1.04. The highest BCUT2D eigenvalue weighted by Gasteiger charge is 2.22. The topological polar surface area (TPSA) is 62.2 Å². The zero-order valence-corrected chi connectivity index (χ0v) is 10.2. The molecule has 0 aliphatic rings. The molecule has 1 atom stereocenters. The highest BCUT2D eigenvalue weighted by molar-refractivity contribution is 7.15. The maximum atomic E-state index is 11.6. The minimum absolute atomic E-state index is 0.0750. The Balaban J connectivity index is 2.70. The second-order valence-electron chi connectivity index (χ2n) is 4.45. The molecule has 0 aromatic carbocycles. The van der Waals surface area contributed by atoms with E-state index in [0.717, 1.165) is 4.88 Å². The summed E-state index contributed by atoms with van der Waals surface area (Å²) in [5.41, 5.74) is -0.434. The molecule has 15 heavy (non-hydrogen) atoms. The number of anilines is 1. The van der Waals surface area contributed by atoms with Gasteiger partial charge in [-0.1, -0.05) is 32.1 Å². The Bertz CT molecular complexity index is 353. The molecule has 1 amide bonds. The molecule has 1 heterocycles. The molecular weight excluding hydrogens is 212 g/mol. The van der Waals surface area contributed by atoms with Crippen molar-refractivity contribution in [2.24, 2.45) is 5.41 Å². The van der Waals surface area contributed by atoms with Gasteiger partial charge in [0.15, 0.2) is 5.13 Å². The third kappa shape index (κ3) is 3.28. The molecule has 0 bridgehead atoms. The molecule has 4 nitrogen and oxygen atoms in total. The molecule has 1 rings (SSSR count). The molecule has 0 fully saturated rings. The molecule has 0 aliphatic carbocycles. The Hall–Kier alpha value is -0.940. The van der Waals surface area contributed by atoms with E-state index < -0.39 is 11.5 Å². The first-order chi connectivity index (χ1) is 6.80. The molecule has 84 valence electrons. The summed E-state index contributed by atoms with van der Waals surface area (Å²) in [6, 6.07) is 0. The zero-order valence-electron chi connectivity index (χ0n) is 9.37. The normalized spacial score (nSPS) is 13.7. The van der Waals surface area contributed by atoms with E-state index in [4.69, 9.17) is 0 Å². The molecule has 0 spiro atoms. The molecule has 5 heteroatoms. The lowest BCUT2D eigenvalue weighted by Crippen LogP contribution is -2.27. The van der Waals surface area contributed by atoms with Gasteiger partial charge in [0.25, 0.3) is 0 Å². The quantitative estimate of drug-likeness (QED) is 0.815. The minimum Gasteiger partial charge on any atom is -0.388 e. The number of hydrogen-bond acceptors (Lipinski definition) is 4. The molecule has 0 aliphatic heterocycles. The molecule has 0 saturated heterocycles. The van der Waals surface area contributed by atoms with Crippen molar-refractivity contribution in [3.8, 4) is 0 Å². The molecule has 1 unspecified atom stereocenters. The van der Waals surface area contributed by atoms with Crippen LogP contribution in [0.25, 0.3) is 0 Å². The van der Waals surface area contributed by atoms with Crippen molar-refractivity contribution in [1.29, 1.82) is 0 Å².